The molecule has 4 rings (SSSR count). The molecule has 5 nitrogen and oxygen atoms in total. The SMILES string of the molecule is [NH3+][C@]1(C(=O)[O-])CC[C@@H]1C(=O)OCC1c2ccccc2-c2ccccc21. The number of fused-ring (bicyclic) bond motifs is 3. The van der Waals surface area contributed by atoms with Crippen molar-refractivity contribution < 1.29 is 25.2 Å². The van der Waals surface area contributed by atoms with Crippen LogP contribution in [0.15, 0.2) is 48.5 Å². The summed E-state index contributed by atoms with van der Waals surface area (Å²) >= 11 is 0. The number of ether oxygens (including phenoxy) is 1. The Morgan fingerprint density at radius 3 is 2.12 bits per heavy atom. The number of benzene rings is 2. The number of carboxylic acids is 1. The number of rotatable bonds is 4. The van der Waals surface area contributed by atoms with Crippen LogP contribution in [0.2, 0.25) is 0 Å². The van der Waals surface area contributed by atoms with Gasteiger partial charge in [0.1, 0.15) is 24.0 Å². The van der Waals surface area contributed by atoms with Gasteiger partial charge in [0, 0.05) is 12.3 Å². The maximum Gasteiger partial charge on any atom is 0.315 e. The topological polar surface area (TPSA) is 94.1 Å². The van der Waals surface area contributed by atoms with Gasteiger partial charge >= 0.3 is 5.97 Å². The molecule has 1 fully saturated rings. The first kappa shape index (κ1) is 15.8. The highest BCUT2D eigenvalue weighted by atomic mass is 16.5. The molecule has 3 N–H and O–H groups in total. The number of quaternary nitrogens is 1. The number of hydrogen-bond acceptors (Lipinski definition) is 4. The molecule has 0 aromatic heterocycles. The van der Waals surface area contributed by atoms with Gasteiger partial charge in [-0.15, -0.1) is 0 Å². The monoisotopic (exact) mass is 337 g/mol. The van der Waals surface area contributed by atoms with Crippen molar-refractivity contribution in [1.29, 1.82) is 0 Å². The molecular formula is C20H19NO4. The second-order valence-electron chi connectivity index (χ2n) is 6.89. The molecule has 0 saturated heterocycles. The molecule has 1 saturated carbocycles. The fourth-order valence-electron chi connectivity index (χ4n) is 3.93. The first-order valence-corrected chi connectivity index (χ1v) is 8.44. The second-order valence-corrected chi connectivity index (χ2v) is 6.89. The van der Waals surface area contributed by atoms with Gasteiger partial charge in [-0.05, 0) is 28.7 Å². The van der Waals surface area contributed by atoms with Crippen molar-refractivity contribution in [2.24, 2.45) is 5.92 Å². The van der Waals surface area contributed by atoms with Crippen molar-refractivity contribution in [3.05, 3.63) is 59.7 Å². The Morgan fingerprint density at radius 1 is 1.08 bits per heavy atom. The average Bonchev–Trinajstić information content (AvgIpc) is 2.92. The van der Waals surface area contributed by atoms with E-state index in [-0.39, 0.29) is 12.5 Å². The molecule has 0 bridgehead atoms. The lowest BCUT2D eigenvalue weighted by Crippen LogP contribution is -2.87. The van der Waals surface area contributed by atoms with Gasteiger partial charge in [-0.1, -0.05) is 48.5 Å². The third-order valence-corrected chi connectivity index (χ3v) is 5.59. The van der Waals surface area contributed by atoms with Crippen LogP contribution in [-0.2, 0) is 14.3 Å². The summed E-state index contributed by atoms with van der Waals surface area (Å²) in [5.74, 6) is -2.52. The van der Waals surface area contributed by atoms with E-state index >= 15 is 0 Å². The minimum Gasteiger partial charge on any atom is -0.544 e. The van der Waals surface area contributed by atoms with Gasteiger partial charge in [-0.25, -0.2) is 0 Å². The molecule has 0 unspecified atom stereocenters. The van der Waals surface area contributed by atoms with Crippen molar-refractivity contribution in [3.8, 4) is 11.1 Å². The Hall–Kier alpha value is -2.66. The van der Waals surface area contributed by atoms with E-state index in [2.05, 4.69) is 17.9 Å². The van der Waals surface area contributed by atoms with Crippen LogP contribution in [-0.4, -0.2) is 24.1 Å². The predicted octanol–water partition coefficient (Wildman–Crippen LogP) is 0.483. The molecule has 0 aliphatic heterocycles. The van der Waals surface area contributed by atoms with Crippen LogP contribution in [0.1, 0.15) is 29.9 Å². The van der Waals surface area contributed by atoms with Crippen LogP contribution in [0, 0.1) is 5.92 Å². The first-order valence-electron chi connectivity index (χ1n) is 8.44. The minimum atomic E-state index is -1.34. The summed E-state index contributed by atoms with van der Waals surface area (Å²) in [5.41, 5.74) is 6.90. The van der Waals surface area contributed by atoms with Crippen LogP contribution in [0.3, 0.4) is 0 Å². The van der Waals surface area contributed by atoms with Crippen molar-refractivity contribution >= 4 is 11.9 Å². The van der Waals surface area contributed by atoms with Gasteiger partial charge in [-0.3, -0.25) is 4.79 Å². The smallest absolute Gasteiger partial charge is 0.315 e. The van der Waals surface area contributed by atoms with Crippen LogP contribution in [0.5, 0.6) is 0 Å². The Morgan fingerprint density at radius 2 is 1.64 bits per heavy atom. The van der Waals surface area contributed by atoms with E-state index in [4.69, 9.17) is 4.74 Å². The third-order valence-electron chi connectivity index (χ3n) is 5.59. The fourth-order valence-corrected chi connectivity index (χ4v) is 3.93. The highest BCUT2D eigenvalue weighted by Gasteiger charge is 2.54. The normalized spacial score (nSPS) is 24.1. The second kappa shape index (κ2) is 5.70. The predicted molar refractivity (Wildman–Crippen MR) is 88.0 cm³/mol. The number of carbonyl (C=O) groups is 2. The summed E-state index contributed by atoms with van der Waals surface area (Å²) in [6.07, 6.45) is 0.832. The molecule has 2 aromatic carbocycles. The molecule has 5 heteroatoms. The lowest BCUT2D eigenvalue weighted by atomic mass is 9.67. The number of aliphatic carboxylic acids is 1. The molecule has 2 aliphatic rings. The van der Waals surface area contributed by atoms with Crippen molar-refractivity contribution in [1.82, 2.24) is 0 Å². The molecule has 2 aromatic rings. The third kappa shape index (κ3) is 2.35. The van der Waals surface area contributed by atoms with Gasteiger partial charge < -0.3 is 20.4 Å². The number of hydrogen-bond donors (Lipinski definition) is 1. The van der Waals surface area contributed by atoms with Crippen LogP contribution in [0.25, 0.3) is 11.1 Å². The molecule has 0 spiro atoms. The highest BCUT2D eigenvalue weighted by molar-refractivity contribution is 5.87. The van der Waals surface area contributed by atoms with Crippen molar-refractivity contribution in [2.75, 3.05) is 6.61 Å². The van der Waals surface area contributed by atoms with Crippen molar-refractivity contribution in [2.45, 2.75) is 24.3 Å². The van der Waals surface area contributed by atoms with Gasteiger partial charge in [0.05, 0.1) is 0 Å². The summed E-state index contributed by atoms with van der Waals surface area (Å²) in [6.45, 7) is 0.201. The van der Waals surface area contributed by atoms with Gasteiger partial charge in [0.15, 0.2) is 0 Å². The molecule has 25 heavy (non-hydrogen) atoms. The van der Waals surface area contributed by atoms with Gasteiger partial charge in [0.2, 0.25) is 0 Å². The van der Waals surface area contributed by atoms with E-state index in [0.29, 0.717) is 12.8 Å². The summed E-state index contributed by atoms with van der Waals surface area (Å²) in [6, 6.07) is 16.2. The first-order chi connectivity index (χ1) is 12.0. The lowest BCUT2D eigenvalue weighted by molar-refractivity contribution is -0.514. The van der Waals surface area contributed by atoms with E-state index in [1.807, 2.05) is 36.4 Å². The van der Waals surface area contributed by atoms with Crippen molar-refractivity contribution in [3.63, 3.8) is 0 Å². The van der Waals surface area contributed by atoms with Crippen LogP contribution >= 0.6 is 0 Å². The minimum absolute atomic E-state index is 0.0291. The van der Waals surface area contributed by atoms with Crippen LogP contribution < -0.4 is 10.8 Å². The molecule has 2 atom stereocenters. The summed E-state index contributed by atoms with van der Waals surface area (Å²) in [4.78, 5) is 23.6. The highest BCUT2D eigenvalue weighted by Crippen LogP contribution is 2.45. The van der Waals surface area contributed by atoms with Crippen LogP contribution in [0.4, 0.5) is 0 Å². The zero-order chi connectivity index (χ0) is 17.6. The molecule has 0 radical (unpaired) electrons. The van der Waals surface area contributed by atoms with E-state index in [1.165, 1.54) is 0 Å². The van der Waals surface area contributed by atoms with Gasteiger partial charge in [0.25, 0.3) is 0 Å². The Labute approximate surface area is 145 Å². The number of carbonyl (C=O) groups excluding carboxylic acids is 2. The molecule has 2 aliphatic carbocycles. The molecule has 0 amide bonds. The van der Waals surface area contributed by atoms with E-state index in [9.17, 15) is 14.7 Å². The molecule has 0 heterocycles. The maximum absolute atomic E-state index is 12.4. The largest absolute Gasteiger partial charge is 0.544 e. The quantitative estimate of drug-likeness (QED) is 0.821. The molecule has 128 valence electrons. The maximum atomic E-state index is 12.4. The fraction of sp³-hybridized carbons (Fsp3) is 0.300. The zero-order valence-corrected chi connectivity index (χ0v) is 13.7. The Kier molecular flexibility index (Phi) is 3.62. The van der Waals surface area contributed by atoms with E-state index in [1.54, 1.807) is 0 Å². The summed E-state index contributed by atoms with van der Waals surface area (Å²) < 4.78 is 5.52. The average molecular weight is 337 g/mol. The van der Waals surface area contributed by atoms with E-state index < -0.39 is 23.4 Å². The zero-order valence-electron chi connectivity index (χ0n) is 13.7. The Balaban J connectivity index is 1.54. The standard InChI is InChI=1S/C20H19NO4/c21-20(19(23)24)10-9-17(20)18(22)25-11-16-14-7-3-1-5-12(14)13-6-2-4-8-15(13)16/h1-8,16-17H,9-11,21H2,(H,23,24)/t17-,20-/m1/s1. The summed E-state index contributed by atoms with van der Waals surface area (Å²) in [5, 5.41) is 11.2. The number of esters is 1. The number of carboxylic acid groups (broad SMARTS) is 1. The van der Waals surface area contributed by atoms with Gasteiger partial charge in [-0.2, -0.15) is 0 Å². The summed E-state index contributed by atoms with van der Waals surface area (Å²) in [7, 11) is 0. The molecular weight excluding hydrogens is 318 g/mol. The Bertz CT molecular complexity index is 817. The van der Waals surface area contributed by atoms with E-state index in [0.717, 1.165) is 22.3 Å². The lowest BCUT2D eigenvalue weighted by Gasteiger charge is -2.41.